The third kappa shape index (κ3) is 1.75. The average Bonchev–Trinajstić information content (AvgIpc) is 2.28. The predicted molar refractivity (Wildman–Crippen MR) is 48.2 cm³/mol. The molecular formula is C9H12N2O. The molecule has 0 fully saturated rings. The Morgan fingerprint density at radius 3 is 2.83 bits per heavy atom. The molecule has 1 heterocycles. The van der Waals surface area contributed by atoms with E-state index >= 15 is 0 Å². The summed E-state index contributed by atoms with van der Waals surface area (Å²) in [5.41, 5.74) is 0.641. The fourth-order valence-corrected chi connectivity index (χ4v) is 0.951. The molecule has 0 radical (unpaired) electrons. The van der Waals surface area contributed by atoms with Gasteiger partial charge in [-0.1, -0.05) is 12.2 Å². The maximum atomic E-state index is 11.2. The minimum absolute atomic E-state index is 0.0753. The molecule has 0 saturated carbocycles. The van der Waals surface area contributed by atoms with Crippen LogP contribution in [0.25, 0.3) is 0 Å². The molecule has 3 heteroatoms. The summed E-state index contributed by atoms with van der Waals surface area (Å²) in [6.45, 7) is 0. The lowest BCUT2D eigenvalue weighted by Crippen LogP contribution is -2.27. The summed E-state index contributed by atoms with van der Waals surface area (Å²) in [6, 6.07) is 0. The first-order valence-corrected chi connectivity index (χ1v) is 3.76. The molecule has 1 N–H and O–H groups in total. The van der Waals surface area contributed by atoms with E-state index in [9.17, 15) is 4.79 Å². The van der Waals surface area contributed by atoms with Gasteiger partial charge in [0.05, 0.1) is 0 Å². The number of allylic oxidation sites excluding steroid dienone is 4. The number of hydrogen-bond acceptors (Lipinski definition) is 2. The van der Waals surface area contributed by atoms with Gasteiger partial charge in [-0.25, -0.2) is 0 Å². The lowest BCUT2D eigenvalue weighted by atomic mass is 10.3. The number of nitrogens with one attached hydrogen (secondary N) is 1. The van der Waals surface area contributed by atoms with E-state index in [4.69, 9.17) is 0 Å². The maximum Gasteiger partial charge on any atom is 0.267 e. The molecule has 0 aromatic rings. The number of likely N-dealkylation sites (N-methyl/N-ethyl adjacent to an activating group) is 2. The molecule has 1 amide bonds. The molecular weight excluding hydrogens is 152 g/mol. The van der Waals surface area contributed by atoms with Gasteiger partial charge in [-0.05, 0) is 12.2 Å². The maximum absolute atomic E-state index is 11.2. The monoisotopic (exact) mass is 164 g/mol. The van der Waals surface area contributed by atoms with E-state index in [1.807, 2.05) is 31.5 Å². The quantitative estimate of drug-likeness (QED) is 0.616. The van der Waals surface area contributed by atoms with Crippen LogP contribution in [0, 0.1) is 0 Å². The fourth-order valence-electron chi connectivity index (χ4n) is 0.951. The molecule has 1 aliphatic heterocycles. The van der Waals surface area contributed by atoms with Crippen molar-refractivity contribution in [3.8, 4) is 0 Å². The molecule has 3 nitrogen and oxygen atoms in total. The van der Waals surface area contributed by atoms with E-state index in [-0.39, 0.29) is 5.91 Å². The minimum Gasteiger partial charge on any atom is -0.354 e. The van der Waals surface area contributed by atoms with Crippen LogP contribution in [-0.4, -0.2) is 24.9 Å². The molecule has 0 spiro atoms. The van der Waals surface area contributed by atoms with Gasteiger partial charge in [0.25, 0.3) is 5.91 Å². The zero-order chi connectivity index (χ0) is 8.97. The summed E-state index contributed by atoms with van der Waals surface area (Å²) >= 11 is 0. The summed E-state index contributed by atoms with van der Waals surface area (Å²) in [5.74, 6) is -0.0753. The van der Waals surface area contributed by atoms with Crippen molar-refractivity contribution in [3.63, 3.8) is 0 Å². The van der Waals surface area contributed by atoms with Gasteiger partial charge in [-0.3, -0.25) is 4.79 Å². The second-order valence-electron chi connectivity index (χ2n) is 2.47. The fraction of sp³-hybridized carbons (Fsp3) is 0.222. The van der Waals surface area contributed by atoms with Gasteiger partial charge in [0.1, 0.15) is 5.70 Å². The number of carbonyl (C=O) groups is 1. The Balaban J connectivity index is 2.87. The SMILES string of the molecule is CNC(=O)C1=CC=CC=CN1C. The first kappa shape index (κ1) is 8.59. The highest BCUT2D eigenvalue weighted by Crippen LogP contribution is 2.05. The summed E-state index contributed by atoms with van der Waals surface area (Å²) < 4.78 is 0. The van der Waals surface area contributed by atoms with Crippen LogP contribution < -0.4 is 5.32 Å². The normalized spacial score (nSPS) is 15.5. The van der Waals surface area contributed by atoms with Crippen LogP contribution in [0.1, 0.15) is 0 Å². The third-order valence-electron chi connectivity index (χ3n) is 1.63. The van der Waals surface area contributed by atoms with Crippen molar-refractivity contribution in [3.05, 3.63) is 36.2 Å². The third-order valence-corrected chi connectivity index (χ3v) is 1.63. The largest absolute Gasteiger partial charge is 0.354 e. The number of carbonyl (C=O) groups excluding carboxylic acids is 1. The van der Waals surface area contributed by atoms with Gasteiger partial charge < -0.3 is 10.2 Å². The Labute approximate surface area is 72.1 Å². The second kappa shape index (κ2) is 3.76. The highest BCUT2D eigenvalue weighted by atomic mass is 16.2. The Bertz CT molecular complexity index is 264. The molecule has 0 aliphatic carbocycles. The predicted octanol–water partition coefficient (Wildman–Crippen LogP) is 0.632. The standard InChI is InChI=1S/C9H12N2O/c1-10-9(12)8-6-4-3-5-7-11(8)2/h3-7H,1-2H3,(H,10,12). The topological polar surface area (TPSA) is 32.3 Å². The molecule has 0 unspecified atom stereocenters. The van der Waals surface area contributed by atoms with Crippen LogP contribution in [-0.2, 0) is 4.79 Å². The van der Waals surface area contributed by atoms with Gasteiger partial charge >= 0.3 is 0 Å². The van der Waals surface area contributed by atoms with Crippen molar-refractivity contribution in [1.29, 1.82) is 0 Å². The highest BCUT2D eigenvalue weighted by molar-refractivity contribution is 5.93. The molecule has 0 aromatic carbocycles. The van der Waals surface area contributed by atoms with Crippen molar-refractivity contribution in [2.45, 2.75) is 0 Å². The summed E-state index contributed by atoms with van der Waals surface area (Å²) in [6.07, 6.45) is 9.22. The number of nitrogens with zero attached hydrogens (tertiary/aromatic N) is 1. The molecule has 0 atom stereocenters. The Morgan fingerprint density at radius 2 is 2.17 bits per heavy atom. The van der Waals surface area contributed by atoms with Crippen LogP contribution in [0.3, 0.4) is 0 Å². The van der Waals surface area contributed by atoms with Gasteiger partial charge in [0.15, 0.2) is 0 Å². The minimum atomic E-state index is -0.0753. The van der Waals surface area contributed by atoms with Crippen LogP contribution in [0.15, 0.2) is 36.2 Å². The molecule has 0 bridgehead atoms. The molecule has 1 rings (SSSR count). The number of amides is 1. The van der Waals surface area contributed by atoms with Crippen LogP contribution in [0.5, 0.6) is 0 Å². The van der Waals surface area contributed by atoms with Crippen molar-refractivity contribution >= 4 is 5.91 Å². The smallest absolute Gasteiger partial charge is 0.267 e. The van der Waals surface area contributed by atoms with Crippen molar-refractivity contribution in [1.82, 2.24) is 10.2 Å². The van der Waals surface area contributed by atoms with Gasteiger partial charge in [-0.2, -0.15) is 0 Å². The van der Waals surface area contributed by atoms with E-state index in [2.05, 4.69) is 5.32 Å². The van der Waals surface area contributed by atoms with Gasteiger partial charge in [0, 0.05) is 20.3 Å². The van der Waals surface area contributed by atoms with Crippen molar-refractivity contribution in [2.24, 2.45) is 0 Å². The average molecular weight is 164 g/mol. The van der Waals surface area contributed by atoms with E-state index < -0.39 is 0 Å². The molecule has 0 aromatic heterocycles. The van der Waals surface area contributed by atoms with Crippen molar-refractivity contribution in [2.75, 3.05) is 14.1 Å². The summed E-state index contributed by atoms with van der Waals surface area (Å²) in [5, 5.41) is 2.58. The van der Waals surface area contributed by atoms with Crippen LogP contribution >= 0.6 is 0 Å². The van der Waals surface area contributed by atoms with Gasteiger partial charge in [-0.15, -0.1) is 0 Å². The summed E-state index contributed by atoms with van der Waals surface area (Å²) in [7, 11) is 3.46. The lowest BCUT2D eigenvalue weighted by molar-refractivity contribution is -0.118. The zero-order valence-corrected chi connectivity index (χ0v) is 7.24. The van der Waals surface area contributed by atoms with Crippen molar-refractivity contribution < 1.29 is 4.79 Å². The van der Waals surface area contributed by atoms with E-state index in [1.54, 1.807) is 18.0 Å². The van der Waals surface area contributed by atoms with Gasteiger partial charge in [0.2, 0.25) is 0 Å². The lowest BCUT2D eigenvalue weighted by Gasteiger charge is -2.15. The number of rotatable bonds is 1. The van der Waals surface area contributed by atoms with E-state index in [0.29, 0.717) is 5.70 Å². The molecule has 0 saturated heterocycles. The Kier molecular flexibility index (Phi) is 2.69. The zero-order valence-electron chi connectivity index (χ0n) is 7.24. The second-order valence-corrected chi connectivity index (χ2v) is 2.47. The summed E-state index contributed by atoms with van der Waals surface area (Å²) in [4.78, 5) is 13.0. The first-order chi connectivity index (χ1) is 5.75. The Hall–Kier alpha value is -1.51. The van der Waals surface area contributed by atoms with Crippen LogP contribution in [0.4, 0.5) is 0 Å². The van der Waals surface area contributed by atoms with E-state index in [0.717, 1.165) is 0 Å². The number of hydrogen-bond donors (Lipinski definition) is 1. The molecule has 12 heavy (non-hydrogen) atoms. The van der Waals surface area contributed by atoms with E-state index in [1.165, 1.54) is 0 Å². The van der Waals surface area contributed by atoms with Crippen LogP contribution in [0.2, 0.25) is 0 Å². The first-order valence-electron chi connectivity index (χ1n) is 3.76. The Morgan fingerprint density at radius 1 is 1.42 bits per heavy atom. The molecule has 64 valence electrons. The highest BCUT2D eigenvalue weighted by Gasteiger charge is 2.09. The molecule has 1 aliphatic rings.